The molecular formula is C19H30O2. The van der Waals surface area contributed by atoms with Crippen LogP contribution in [0.3, 0.4) is 0 Å². The first-order valence-corrected chi connectivity index (χ1v) is 8.67. The fraction of sp³-hybridized carbons (Fsp3) is 0.684. The molecule has 0 aliphatic carbocycles. The predicted molar refractivity (Wildman–Crippen MR) is 87.8 cm³/mol. The summed E-state index contributed by atoms with van der Waals surface area (Å²) in [5, 5.41) is 0. The maximum absolute atomic E-state index is 6.07. The molecule has 2 heteroatoms. The third-order valence-corrected chi connectivity index (χ3v) is 4.35. The van der Waals surface area contributed by atoms with Gasteiger partial charge in [-0.25, -0.2) is 0 Å². The molecule has 1 saturated heterocycles. The Morgan fingerprint density at radius 2 is 1.81 bits per heavy atom. The molecule has 0 amide bonds. The second-order valence-corrected chi connectivity index (χ2v) is 6.18. The third-order valence-electron chi connectivity index (χ3n) is 4.35. The Kier molecular flexibility index (Phi) is 7.08. The Morgan fingerprint density at radius 3 is 2.43 bits per heavy atom. The van der Waals surface area contributed by atoms with Gasteiger partial charge in [-0.2, -0.15) is 0 Å². The first kappa shape index (κ1) is 16.4. The molecule has 2 nitrogen and oxygen atoms in total. The van der Waals surface area contributed by atoms with Gasteiger partial charge in [-0.1, -0.05) is 45.2 Å². The number of unbranched alkanes of at least 4 members (excludes halogenated alkanes) is 2. The summed E-state index contributed by atoms with van der Waals surface area (Å²) in [7, 11) is 0. The fourth-order valence-corrected chi connectivity index (χ4v) is 2.90. The molecule has 2 unspecified atom stereocenters. The first-order valence-electron chi connectivity index (χ1n) is 8.67. The van der Waals surface area contributed by atoms with Crippen LogP contribution in [-0.4, -0.2) is 13.2 Å². The largest absolute Gasteiger partial charge is 0.494 e. The second kappa shape index (κ2) is 9.09. The van der Waals surface area contributed by atoms with Gasteiger partial charge in [0.15, 0.2) is 0 Å². The van der Waals surface area contributed by atoms with Crippen molar-refractivity contribution in [3.05, 3.63) is 29.8 Å². The van der Waals surface area contributed by atoms with Gasteiger partial charge in [0.25, 0.3) is 0 Å². The van der Waals surface area contributed by atoms with Crippen LogP contribution in [0.1, 0.15) is 70.5 Å². The van der Waals surface area contributed by atoms with Gasteiger partial charge in [-0.15, -0.1) is 0 Å². The lowest BCUT2D eigenvalue weighted by molar-refractivity contribution is -0.0198. The molecular weight excluding hydrogens is 260 g/mol. The maximum atomic E-state index is 6.07. The number of rotatable bonds is 8. The molecule has 1 aliphatic rings. The van der Waals surface area contributed by atoms with Crippen molar-refractivity contribution in [1.82, 2.24) is 0 Å². The molecule has 1 heterocycles. The van der Waals surface area contributed by atoms with E-state index in [1.807, 2.05) is 0 Å². The van der Waals surface area contributed by atoms with Crippen LogP contribution in [0.15, 0.2) is 24.3 Å². The van der Waals surface area contributed by atoms with Gasteiger partial charge in [0.2, 0.25) is 0 Å². The summed E-state index contributed by atoms with van der Waals surface area (Å²) in [6.45, 7) is 6.19. The average Bonchev–Trinajstić information content (AvgIpc) is 2.54. The highest BCUT2D eigenvalue weighted by Gasteiger charge is 2.22. The second-order valence-electron chi connectivity index (χ2n) is 6.18. The van der Waals surface area contributed by atoms with E-state index < -0.39 is 0 Å². The van der Waals surface area contributed by atoms with E-state index >= 15 is 0 Å². The van der Waals surface area contributed by atoms with E-state index in [0.717, 1.165) is 37.7 Å². The lowest BCUT2D eigenvalue weighted by Gasteiger charge is -2.29. The monoisotopic (exact) mass is 290 g/mol. The SMILES string of the molecule is CCCCOc1ccc(C2CCC(CCCC)CO2)cc1. The Bertz CT molecular complexity index is 377. The van der Waals surface area contributed by atoms with E-state index in [4.69, 9.17) is 9.47 Å². The molecule has 0 saturated carbocycles. The molecule has 1 aromatic rings. The molecule has 1 aliphatic heterocycles. The molecule has 0 radical (unpaired) electrons. The Labute approximate surface area is 129 Å². The summed E-state index contributed by atoms with van der Waals surface area (Å²) in [6, 6.07) is 8.49. The third kappa shape index (κ3) is 5.35. The summed E-state index contributed by atoms with van der Waals surface area (Å²) in [4.78, 5) is 0. The zero-order valence-electron chi connectivity index (χ0n) is 13.6. The number of hydrogen-bond donors (Lipinski definition) is 0. The van der Waals surface area contributed by atoms with Gasteiger partial charge < -0.3 is 9.47 Å². The molecule has 0 N–H and O–H groups in total. The molecule has 1 aromatic carbocycles. The molecule has 0 bridgehead atoms. The molecule has 2 rings (SSSR count). The maximum Gasteiger partial charge on any atom is 0.119 e. The summed E-state index contributed by atoms with van der Waals surface area (Å²) >= 11 is 0. The minimum atomic E-state index is 0.285. The van der Waals surface area contributed by atoms with Crippen LogP contribution in [0.5, 0.6) is 5.75 Å². The van der Waals surface area contributed by atoms with Crippen molar-refractivity contribution in [3.8, 4) is 5.75 Å². The topological polar surface area (TPSA) is 18.5 Å². The van der Waals surface area contributed by atoms with Crippen molar-refractivity contribution < 1.29 is 9.47 Å². The average molecular weight is 290 g/mol. The molecule has 118 valence electrons. The molecule has 0 spiro atoms. The standard InChI is InChI=1S/C19H30O2/c1-3-5-7-16-8-13-19(21-15-16)17-9-11-18(12-10-17)20-14-6-4-2/h9-12,16,19H,3-8,13-15H2,1-2H3. The minimum Gasteiger partial charge on any atom is -0.494 e. The van der Waals surface area contributed by atoms with Crippen molar-refractivity contribution in [3.63, 3.8) is 0 Å². The Balaban J connectivity index is 1.78. The van der Waals surface area contributed by atoms with E-state index in [9.17, 15) is 0 Å². The van der Waals surface area contributed by atoms with Gasteiger partial charge in [0, 0.05) is 0 Å². The molecule has 21 heavy (non-hydrogen) atoms. The zero-order chi connectivity index (χ0) is 14.9. The Hall–Kier alpha value is -1.02. The normalized spacial score (nSPS) is 22.2. The van der Waals surface area contributed by atoms with Crippen molar-refractivity contribution in [2.75, 3.05) is 13.2 Å². The number of ether oxygens (including phenoxy) is 2. The quantitative estimate of drug-likeness (QED) is 0.587. The smallest absolute Gasteiger partial charge is 0.119 e. The van der Waals surface area contributed by atoms with Crippen LogP contribution in [-0.2, 0) is 4.74 Å². The van der Waals surface area contributed by atoms with Crippen LogP contribution < -0.4 is 4.74 Å². The minimum absolute atomic E-state index is 0.285. The number of benzene rings is 1. The van der Waals surface area contributed by atoms with Crippen molar-refractivity contribution >= 4 is 0 Å². The highest BCUT2D eigenvalue weighted by molar-refractivity contribution is 5.28. The first-order chi connectivity index (χ1) is 10.3. The van der Waals surface area contributed by atoms with E-state index in [0.29, 0.717) is 0 Å². The highest BCUT2D eigenvalue weighted by Crippen LogP contribution is 2.33. The lowest BCUT2D eigenvalue weighted by atomic mass is 9.91. The van der Waals surface area contributed by atoms with Crippen LogP contribution >= 0.6 is 0 Å². The van der Waals surface area contributed by atoms with Crippen molar-refractivity contribution in [1.29, 1.82) is 0 Å². The van der Waals surface area contributed by atoms with Crippen molar-refractivity contribution in [2.45, 2.75) is 64.9 Å². The van der Waals surface area contributed by atoms with Crippen LogP contribution in [0.2, 0.25) is 0 Å². The van der Waals surface area contributed by atoms with Crippen LogP contribution in [0.25, 0.3) is 0 Å². The fourth-order valence-electron chi connectivity index (χ4n) is 2.90. The van der Waals surface area contributed by atoms with Crippen LogP contribution in [0.4, 0.5) is 0 Å². The molecule has 2 atom stereocenters. The summed E-state index contributed by atoms with van der Waals surface area (Å²) in [5.74, 6) is 1.75. The molecule has 0 aromatic heterocycles. The van der Waals surface area contributed by atoms with E-state index in [2.05, 4.69) is 38.1 Å². The summed E-state index contributed by atoms with van der Waals surface area (Å²) < 4.78 is 11.8. The highest BCUT2D eigenvalue weighted by atomic mass is 16.5. The molecule has 1 fully saturated rings. The van der Waals surface area contributed by atoms with Crippen LogP contribution in [0, 0.1) is 5.92 Å². The van der Waals surface area contributed by atoms with E-state index in [-0.39, 0.29) is 6.10 Å². The lowest BCUT2D eigenvalue weighted by Crippen LogP contribution is -2.20. The van der Waals surface area contributed by atoms with Crippen molar-refractivity contribution in [2.24, 2.45) is 5.92 Å². The van der Waals surface area contributed by atoms with E-state index in [1.54, 1.807) is 0 Å². The predicted octanol–water partition coefficient (Wildman–Crippen LogP) is 5.52. The van der Waals surface area contributed by atoms with Gasteiger partial charge in [0.05, 0.1) is 19.3 Å². The Morgan fingerprint density at radius 1 is 1.05 bits per heavy atom. The zero-order valence-corrected chi connectivity index (χ0v) is 13.6. The summed E-state index contributed by atoms with van der Waals surface area (Å²) in [6.07, 6.45) is 8.99. The number of hydrogen-bond acceptors (Lipinski definition) is 2. The van der Waals surface area contributed by atoms with Gasteiger partial charge in [0.1, 0.15) is 5.75 Å². The summed E-state index contributed by atoms with van der Waals surface area (Å²) in [5.41, 5.74) is 1.30. The van der Waals surface area contributed by atoms with Gasteiger partial charge in [-0.05, 0) is 49.3 Å². The van der Waals surface area contributed by atoms with Gasteiger partial charge in [-0.3, -0.25) is 0 Å². The van der Waals surface area contributed by atoms with E-state index in [1.165, 1.54) is 37.7 Å². The van der Waals surface area contributed by atoms with Gasteiger partial charge >= 0.3 is 0 Å².